The molecule has 2 amide bonds. The largest absolute Gasteiger partial charge is 0.337 e. The normalized spacial score (nSPS) is 16.8. The molecule has 1 saturated heterocycles. The van der Waals surface area contributed by atoms with E-state index in [0.717, 1.165) is 44.6 Å². The molecule has 0 radical (unpaired) electrons. The smallest absolute Gasteiger partial charge is 0.253 e. The number of benzene rings is 2. The van der Waals surface area contributed by atoms with E-state index in [1.807, 2.05) is 11.0 Å². The fraction of sp³-hybridized carbons (Fsp3) is 0.417. The summed E-state index contributed by atoms with van der Waals surface area (Å²) in [6.45, 7) is 3.76. The quantitative estimate of drug-likeness (QED) is 0.787. The summed E-state index contributed by atoms with van der Waals surface area (Å²) in [5.41, 5.74) is 4.30. The Morgan fingerprint density at radius 1 is 0.933 bits per heavy atom. The van der Waals surface area contributed by atoms with Crippen LogP contribution in [0.5, 0.6) is 0 Å². The van der Waals surface area contributed by atoms with Crippen molar-refractivity contribution in [3.8, 4) is 0 Å². The molecule has 2 aromatic carbocycles. The van der Waals surface area contributed by atoms with Crippen LogP contribution in [0.3, 0.4) is 0 Å². The molecule has 6 heteroatoms. The Balaban J connectivity index is 1.25. The van der Waals surface area contributed by atoms with E-state index in [4.69, 9.17) is 11.6 Å². The molecule has 0 saturated carbocycles. The molecule has 30 heavy (non-hydrogen) atoms. The van der Waals surface area contributed by atoms with Crippen LogP contribution in [0.15, 0.2) is 42.5 Å². The molecule has 1 aliphatic heterocycles. The van der Waals surface area contributed by atoms with Crippen LogP contribution in [0, 0.1) is 0 Å². The summed E-state index contributed by atoms with van der Waals surface area (Å²) in [7, 11) is 0. The highest BCUT2D eigenvalue weighted by atomic mass is 35.5. The monoisotopic (exact) mass is 425 g/mol. The highest BCUT2D eigenvalue weighted by Crippen LogP contribution is 2.25. The maximum atomic E-state index is 12.7. The SMILES string of the molecule is O=C(CCN1CCCN(C(=O)c2cccc(Cl)c2)CC1)Nc1ccc2c(c1)CCC2. The summed E-state index contributed by atoms with van der Waals surface area (Å²) in [5, 5.41) is 3.61. The Hall–Kier alpha value is -2.37. The van der Waals surface area contributed by atoms with Gasteiger partial charge in [0.15, 0.2) is 0 Å². The second-order valence-corrected chi connectivity index (χ2v) is 8.57. The Kier molecular flexibility index (Phi) is 6.70. The van der Waals surface area contributed by atoms with Gasteiger partial charge < -0.3 is 15.1 Å². The number of nitrogens with one attached hydrogen (secondary N) is 1. The Morgan fingerprint density at radius 3 is 2.67 bits per heavy atom. The first kappa shape index (κ1) is 20.9. The number of hydrogen-bond acceptors (Lipinski definition) is 3. The number of amides is 2. The highest BCUT2D eigenvalue weighted by Gasteiger charge is 2.21. The fourth-order valence-corrected chi connectivity index (χ4v) is 4.52. The molecule has 0 spiro atoms. The third-order valence-electron chi connectivity index (χ3n) is 5.98. The lowest BCUT2D eigenvalue weighted by Gasteiger charge is -2.22. The number of carbonyl (C=O) groups is 2. The van der Waals surface area contributed by atoms with Gasteiger partial charge in [-0.15, -0.1) is 0 Å². The first-order chi connectivity index (χ1) is 14.6. The van der Waals surface area contributed by atoms with Crippen molar-refractivity contribution in [1.29, 1.82) is 0 Å². The predicted molar refractivity (Wildman–Crippen MR) is 120 cm³/mol. The molecule has 0 unspecified atom stereocenters. The third-order valence-corrected chi connectivity index (χ3v) is 6.22. The van der Waals surface area contributed by atoms with Gasteiger partial charge in [-0.2, -0.15) is 0 Å². The zero-order chi connectivity index (χ0) is 20.9. The predicted octanol–water partition coefficient (Wildman–Crippen LogP) is 4.01. The van der Waals surface area contributed by atoms with Gasteiger partial charge in [0.2, 0.25) is 5.91 Å². The van der Waals surface area contributed by atoms with Gasteiger partial charge in [-0.3, -0.25) is 9.59 Å². The van der Waals surface area contributed by atoms with Crippen molar-refractivity contribution >= 4 is 29.1 Å². The first-order valence-corrected chi connectivity index (χ1v) is 11.2. The number of carbonyl (C=O) groups excluding carboxylic acids is 2. The Labute approximate surface area is 183 Å². The zero-order valence-electron chi connectivity index (χ0n) is 17.2. The zero-order valence-corrected chi connectivity index (χ0v) is 18.0. The molecule has 1 N–H and O–H groups in total. The van der Waals surface area contributed by atoms with Crippen molar-refractivity contribution in [1.82, 2.24) is 9.80 Å². The molecular weight excluding hydrogens is 398 g/mol. The van der Waals surface area contributed by atoms with Crippen LogP contribution in [-0.2, 0) is 17.6 Å². The number of aryl methyl sites for hydroxylation is 2. The number of halogens is 1. The van der Waals surface area contributed by atoms with E-state index in [1.165, 1.54) is 17.5 Å². The molecule has 5 nitrogen and oxygen atoms in total. The van der Waals surface area contributed by atoms with Crippen LogP contribution in [-0.4, -0.2) is 54.3 Å². The average Bonchev–Trinajstić information content (AvgIpc) is 3.08. The lowest BCUT2D eigenvalue weighted by molar-refractivity contribution is -0.116. The molecule has 1 fully saturated rings. The van der Waals surface area contributed by atoms with Crippen molar-refractivity contribution in [2.75, 3.05) is 38.0 Å². The van der Waals surface area contributed by atoms with Gasteiger partial charge in [-0.1, -0.05) is 23.7 Å². The molecule has 1 aliphatic carbocycles. The van der Waals surface area contributed by atoms with Crippen molar-refractivity contribution in [2.45, 2.75) is 32.1 Å². The molecule has 0 aromatic heterocycles. The second kappa shape index (κ2) is 9.63. The van der Waals surface area contributed by atoms with Crippen molar-refractivity contribution in [3.05, 3.63) is 64.2 Å². The summed E-state index contributed by atoms with van der Waals surface area (Å²) >= 11 is 6.02. The molecule has 158 valence electrons. The van der Waals surface area contributed by atoms with Gasteiger partial charge in [-0.25, -0.2) is 0 Å². The lowest BCUT2D eigenvalue weighted by Crippen LogP contribution is -2.36. The molecule has 4 rings (SSSR count). The molecule has 2 aromatic rings. The van der Waals surface area contributed by atoms with Gasteiger partial charge >= 0.3 is 0 Å². The minimum Gasteiger partial charge on any atom is -0.337 e. The number of rotatable bonds is 5. The summed E-state index contributed by atoms with van der Waals surface area (Å²) in [4.78, 5) is 29.3. The van der Waals surface area contributed by atoms with Crippen molar-refractivity contribution < 1.29 is 9.59 Å². The van der Waals surface area contributed by atoms with Crippen LogP contribution >= 0.6 is 11.6 Å². The number of nitrogens with zero attached hydrogens (tertiary/aromatic N) is 2. The Morgan fingerprint density at radius 2 is 1.80 bits per heavy atom. The van der Waals surface area contributed by atoms with E-state index in [-0.39, 0.29) is 11.8 Å². The molecule has 0 atom stereocenters. The van der Waals surface area contributed by atoms with E-state index in [0.29, 0.717) is 30.1 Å². The highest BCUT2D eigenvalue weighted by molar-refractivity contribution is 6.30. The van der Waals surface area contributed by atoms with Crippen LogP contribution in [0.25, 0.3) is 0 Å². The van der Waals surface area contributed by atoms with E-state index >= 15 is 0 Å². The van der Waals surface area contributed by atoms with Crippen molar-refractivity contribution in [2.24, 2.45) is 0 Å². The summed E-state index contributed by atoms with van der Waals surface area (Å²) < 4.78 is 0. The van der Waals surface area contributed by atoms with Gasteiger partial charge in [0, 0.05) is 48.9 Å². The number of hydrogen-bond donors (Lipinski definition) is 1. The van der Waals surface area contributed by atoms with Gasteiger partial charge in [0.25, 0.3) is 5.91 Å². The maximum Gasteiger partial charge on any atom is 0.253 e. The van der Waals surface area contributed by atoms with E-state index in [1.54, 1.807) is 24.3 Å². The van der Waals surface area contributed by atoms with Crippen LogP contribution in [0.4, 0.5) is 5.69 Å². The number of anilines is 1. The second-order valence-electron chi connectivity index (χ2n) is 8.13. The van der Waals surface area contributed by atoms with Gasteiger partial charge in [0.1, 0.15) is 0 Å². The topological polar surface area (TPSA) is 52.7 Å². The summed E-state index contributed by atoms with van der Waals surface area (Å²) in [6, 6.07) is 13.4. The summed E-state index contributed by atoms with van der Waals surface area (Å²) in [5.74, 6) is 0.0674. The maximum absolute atomic E-state index is 12.7. The number of fused-ring (bicyclic) bond motifs is 1. The molecule has 1 heterocycles. The van der Waals surface area contributed by atoms with Gasteiger partial charge in [-0.05, 0) is 73.7 Å². The molecule has 0 bridgehead atoms. The minimum atomic E-state index is 0.0219. The Bertz CT molecular complexity index is 930. The average molecular weight is 426 g/mol. The third kappa shape index (κ3) is 5.21. The van der Waals surface area contributed by atoms with Crippen LogP contribution < -0.4 is 5.32 Å². The lowest BCUT2D eigenvalue weighted by atomic mass is 10.1. The molecule has 2 aliphatic rings. The van der Waals surface area contributed by atoms with Crippen LogP contribution in [0.1, 0.15) is 40.7 Å². The van der Waals surface area contributed by atoms with Crippen LogP contribution in [0.2, 0.25) is 5.02 Å². The van der Waals surface area contributed by atoms with E-state index < -0.39 is 0 Å². The van der Waals surface area contributed by atoms with E-state index in [9.17, 15) is 9.59 Å². The van der Waals surface area contributed by atoms with Gasteiger partial charge in [0.05, 0.1) is 0 Å². The fourth-order valence-electron chi connectivity index (χ4n) is 4.33. The molecular formula is C24H28ClN3O2. The minimum absolute atomic E-state index is 0.0219. The summed E-state index contributed by atoms with van der Waals surface area (Å²) in [6.07, 6.45) is 4.82. The first-order valence-electron chi connectivity index (χ1n) is 10.8. The standard InChI is InChI=1S/C24H28ClN3O2/c25-21-7-2-6-20(16-21)24(30)28-12-3-11-27(14-15-28)13-10-23(29)26-22-9-8-18-4-1-5-19(18)17-22/h2,6-9,16-17H,1,3-5,10-15H2,(H,26,29). The van der Waals surface area contributed by atoms with Crippen molar-refractivity contribution in [3.63, 3.8) is 0 Å². The van der Waals surface area contributed by atoms with E-state index in [2.05, 4.69) is 22.3 Å².